The average molecular weight is 441 g/mol. The van der Waals surface area contributed by atoms with Gasteiger partial charge in [-0.15, -0.1) is 11.3 Å². The van der Waals surface area contributed by atoms with Gasteiger partial charge in [0, 0.05) is 49.1 Å². The lowest BCUT2D eigenvalue weighted by molar-refractivity contribution is 0.0532. The molecule has 0 atom stereocenters. The van der Waals surface area contributed by atoms with Crippen LogP contribution < -0.4 is 5.32 Å². The maximum Gasteiger partial charge on any atom is 0.348 e. The van der Waals surface area contributed by atoms with Gasteiger partial charge in [0.1, 0.15) is 4.88 Å². The number of fused-ring (bicyclic) bond motifs is 1. The monoisotopic (exact) mass is 440 g/mol. The largest absolute Gasteiger partial charge is 0.462 e. The van der Waals surface area contributed by atoms with E-state index in [1.54, 1.807) is 25.1 Å². The number of nitrogens with one attached hydrogen (secondary N) is 1. The lowest BCUT2D eigenvalue weighted by Crippen LogP contribution is -2.37. The van der Waals surface area contributed by atoms with Crippen molar-refractivity contribution in [3.05, 3.63) is 57.1 Å². The number of benzene rings is 1. The SMILES string of the molecule is CCOC(=O)c1cc2c(s1)CN(CCNC(=O)c1cccc(-c3noc(C)n3)c1)CC2. The molecular formula is C22H24N4O4S. The van der Waals surface area contributed by atoms with Crippen LogP contribution >= 0.6 is 11.3 Å². The predicted octanol–water partition coefficient (Wildman–Crippen LogP) is 3.07. The van der Waals surface area contributed by atoms with Crippen molar-refractivity contribution < 1.29 is 18.8 Å². The fourth-order valence-electron chi connectivity index (χ4n) is 3.51. The number of nitrogens with zero attached hydrogens (tertiary/aromatic N) is 3. The molecule has 1 aromatic carbocycles. The molecule has 1 aliphatic heterocycles. The predicted molar refractivity (Wildman–Crippen MR) is 116 cm³/mol. The average Bonchev–Trinajstić information content (AvgIpc) is 3.40. The summed E-state index contributed by atoms with van der Waals surface area (Å²) in [5.41, 5.74) is 2.52. The van der Waals surface area contributed by atoms with Crippen LogP contribution in [0.2, 0.25) is 0 Å². The minimum Gasteiger partial charge on any atom is -0.462 e. The van der Waals surface area contributed by atoms with E-state index >= 15 is 0 Å². The van der Waals surface area contributed by atoms with Crippen LogP contribution in [0.25, 0.3) is 11.4 Å². The molecule has 0 aliphatic carbocycles. The number of hydrogen-bond donors (Lipinski definition) is 1. The molecule has 0 fully saturated rings. The van der Waals surface area contributed by atoms with E-state index in [-0.39, 0.29) is 11.9 Å². The van der Waals surface area contributed by atoms with E-state index in [1.807, 2.05) is 19.1 Å². The number of carbonyl (C=O) groups excluding carboxylic acids is 2. The number of aryl methyl sites for hydroxylation is 1. The van der Waals surface area contributed by atoms with Crippen LogP contribution in [0.4, 0.5) is 0 Å². The molecule has 0 unspecified atom stereocenters. The second-order valence-corrected chi connectivity index (χ2v) is 8.42. The lowest BCUT2D eigenvalue weighted by atomic mass is 10.1. The summed E-state index contributed by atoms with van der Waals surface area (Å²) in [7, 11) is 0. The Morgan fingerprint density at radius 2 is 2.19 bits per heavy atom. The highest BCUT2D eigenvalue weighted by atomic mass is 32.1. The Hall–Kier alpha value is -3.04. The van der Waals surface area contributed by atoms with Crippen LogP contribution in [0.15, 0.2) is 34.9 Å². The fraction of sp³-hybridized carbons (Fsp3) is 0.364. The molecule has 8 nitrogen and oxygen atoms in total. The summed E-state index contributed by atoms with van der Waals surface area (Å²) in [5, 5.41) is 6.88. The first-order valence-electron chi connectivity index (χ1n) is 10.2. The highest BCUT2D eigenvalue weighted by Gasteiger charge is 2.22. The van der Waals surface area contributed by atoms with Crippen molar-refractivity contribution in [1.82, 2.24) is 20.4 Å². The Kier molecular flexibility index (Phi) is 6.43. The molecule has 3 aromatic rings. The van der Waals surface area contributed by atoms with Gasteiger partial charge in [-0.3, -0.25) is 9.69 Å². The number of esters is 1. The molecule has 0 spiro atoms. The second kappa shape index (κ2) is 9.40. The van der Waals surface area contributed by atoms with Crippen molar-refractivity contribution in [3.63, 3.8) is 0 Å². The van der Waals surface area contributed by atoms with Gasteiger partial charge in [0.15, 0.2) is 0 Å². The number of thiophene rings is 1. The van der Waals surface area contributed by atoms with E-state index in [9.17, 15) is 9.59 Å². The molecular weight excluding hydrogens is 416 g/mol. The maximum absolute atomic E-state index is 12.6. The molecule has 0 bridgehead atoms. The first-order chi connectivity index (χ1) is 15.0. The fourth-order valence-corrected chi connectivity index (χ4v) is 4.66. The molecule has 1 amide bonds. The van der Waals surface area contributed by atoms with Crippen LogP contribution in [-0.2, 0) is 17.7 Å². The second-order valence-electron chi connectivity index (χ2n) is 7.28. The van der Waals surface area contributed by atoms with Crippen LogP contribution in [0.1, 0.15) is 43.3 Å². The van der Waals surface area contributed by atoms with Crippen molar-refractivity contribution in [1.29, 1.82) is 0 Å². The molecule has 3 heterocycles. The minimum atomic E-state index is -0.251. The Morgan fingerprint density at radius 3 is 2.97 bits per heavy atom. The molecule has 0 radical (unpaired) electrons. The lowest BCUT2D eigenvalue weighted by Gasteiger charge is -2.26. The normalized spacial score (nSPS) is 13.6. The summed E-state index contributed by atoms with van der Waals surface area (Å²) < 4.78 is 10.1. The van der Waals surface area contributed by atoms with Crippen LogP contribution in [0.5, 0.6) is 0 Å². The van der Waals surface area contributed by atoms with E-state index in [0.717, 1.165) is 31.6 Å². The number of aromatic nitrogens is 2. The summed E-state index contributed by atoms with van der Waals surface area (Å²) in [6, 6.07) is 9.13. The van der Waals surface area contributed by atoms with Crippen LogP contribution in [0, 0.1) is 6.92 Å². The zero-order valence-electron chi connectivity index (χ0n) is 17.5. The quantitative estimate of drug-likeness (QED) is 0.564. The van der Waals surface area contributed by atoms with Crippen LogP contribution in [-0.4, -0.2) is 53.2 Å². The number of amides is 1. The molecule has 0 saturated carbocycles. The summed E-state index contributed by atoms with van der Waals surface area (Å²) in [6.45, 7) is 6.87. The highest BCUT2D eigenvalue weighted by Crippen LogP contribution is 2.28. The maximum atomic E-state index is 12.6. The molecule has 162 valence electrons. The summed E-state index contributed by atoms with van der Waals surface area (Å²) in [6.07, 6.45) is 0.894. The van der Waals surface area contributed by atoms with Crippen LogP contribution in [0.3, 0.4) is 0 Å². The molecule has 2 aromatic heterocycles. The molecule has 4 rings (SSSR count). The van der Waals surface area contributed by atoms with Gasteiger partial charge in [0.2, 0.25) is 11.7 Å². The summed E-state index contributed by atoms with van der Waals surface area (Å²) in [4.78, 5) is 32.9. The standard InChI is InChI=1S/C22H24N4O4S/c1-3-29-22(28)18-12-15-7-9-26(13-19(15)31-18)10-8-23-21(27)17-6-4-5-16(11-17)20-24-14(2)30-25-20/h4-6,11-12H,3,7-10,13H2,1-2H3,(H,23,27). The van der Waals surface area contributed by atoms with E-state index in [2.05, 4.69) is 20.4 Å². The molecule has 31 heavy (non-hydrogen) atoms. The van der Waals surface area contributed by atoms with Crippen molar-refractivity contribution in [3.8, 4) is 11.4 Å². The van der Waals surface area contributed by atoms with Gasteiger partial charge in [-0.2, -0.15) is 4.98 Å². The summed E-state index contributed by atoms with van der Waals surface area (Å²) >= 11 is 1.50. The van der Waals surface area contributed by atoms with Gasteiger partial charge in [-0.25, -0.2) is 4.79 Å². The van der Waals surface area contributed by atoms with Crippen molar-refractivity contribution >= 4 is 23.2 Å². The third kappa shape index (κ3) is 5.00. The van der Waals surface area contributed by atoms with Gasteiger partial charge in [0.25, 0.3) is 5.91 Å². The minimum absolute atomic E-state index is 0.138. The smallest absolute Gasteiger partial charge is 0.348 e. The Labute approximate surface area is 184 Å². The van der Waals surface area contributed by atoms with E-state index in [0.29, 0.717) is 35.3 Å². The molecule has 0 saturated heterocycles. The third-order valence-electron chi connectivity index (χ3n) is 5.06. The van der Waals surface area contributed by atoms with Crippen molar-refractivity contribution in [2.75, 3.05) is 26.2 Å². The Morgan fingerprint density at radius 1 is 1.32 bits per heavy atom. The van der Waals surface area contributed by atoms with Crippen molar-refractivity contribution in [2.24, 2.45) is 0 Å². The Bertz CT molecular complexity index is 1090. The van der Waals surface area contributed by atoms with E-state index in [1.165, 1.54) is 21.8 Å². The van der Waals surface area contributed by atoms with Gasteiger partial charge in [0.05, 0.1) is 6.61 Å². The van der Waals surface area contributed by atoms with Gasteiger partial charge >= 0.3 is 5.97 Å². The molecule has 9 heteroatoms. The van der Waals surface area contributed by atoms with Gasteiger partial charge < -0.3 is 14.6 Å². The summed E-state index contributed by atoms with van der Waals surface area (Å²) in [5.74, 6) is 0.559. The molecule has 1 aliphatic rings. The van der Waals surface area contributed by atoms with Crippen molar-refractivity contribution in [2.45, 2.75) is 26.8 Å². The molecule has 1 N–H and O–H groups in total. The highest BCUT2D eigenvalue weighted by molar-refractivity contribution is 7.14. The van der Waals surface area contributed by atoms with E-state index in [4.69, 9.17) is 9.26 Å². The number of carbonyl (C=O) groups is 2. The zero-order chi connectivity index (χ0) is 21.8. The number of ether oxygens (including phenoxy) is 1. The first kappa shape index (κ1) is 21.2. The van der Waals surface area contributed by atoms with Gasteiger partial charge in [-0.1, -0.05) is 17.3 Å². The topological polar surface area (TPSA) is 97.6 Å². The number of hydrogen-bond acceptors (Lipinski definition) is 8. The van der Waals surface area contributed by atoms with Gasteiger partial charge in [-0.05, 0) is 37.1 Å². The third-order valence-corrected chi connectivity index (χ3v) is 6.20. The zero-order valence-corrected chi connectivity index (χ0v) is 18.3. The number of rotatable bonds is 7. The first-order valence-corrected chi connectivity index (χ1v) is 11.0. The van der Waals surface area contributed by atoms with E-state index < -0.39 is 0 Å². The Balaban J connectivity index is 1.30.